The average Bonchev–Trinajstić information content (AvgIpc) is 0. The first kappa shape index (κ1) is 34.0. The molecule has 0 heterocycles. The second-order valence-corrected chi connectivity index (χ2v) is 0. The van der Waals surface area contributed by atoms with Gasteiger partial charge in [-0.3, -0.25) is 0 Å². The zero-order valence-electron chi connectivity index (χ0n) is 1.42. The fourth-order valence-electron chi connectivity index (χ4n) is 0. The Bertz CT molecular complexity index is 6.00. The van der Waals surface area contributed by atoms with Gasteiger partial charge in [0.15, 0.2) is 0 Å². The molecule has 0 aromatic carbocycles. The number of halogens is 2. The van der Waals surface area contributed by atoms with Gasteiger partial charge in [0.25, 0.3) is 0 Å². The molecule has 0 saturated heterocycles. The molecule has 0 spiro atoms. The van der Waals surface area contributed by atoms with E-state index >= 15 is 0 Å². The van der Waals surface area contributed by atoms with Gasteiger partial charge in [0.1, 0.15) is 0 Å². The number of rotatable bonds is 0. The maximum atomic E-state index is 0. The fourth-order valence-corrected chi connectivity index (χ4v) is 0. The molecule has 0 rings (SSSR count). The molecular formula is H2BrCu2I. The zero-order valence-corrected chi connectivity index (χ0v) is 7.35. The minimum Gasteiger partial charge on any atom is -0.114 e. The van der Waals surface area contributed by atoms with E-state index < -0.39 is 0 Å². The van der Waals surface area contributed by atoms with Crippen molar-refractivity contribution in [2.24, 2.45) is 0 Å². The summed E-state index contributed by atoms with van der Waals surface area (Å²) in [4.78, 5) is 0. The molecule has 0 unspecified atom stereocenters. The molecule has 0 aliphatic heterocycles. The van der Waals surface area contributed by atoms with Crippen molar-refractivity contribution < 1.29 is 34.1 Å². The molecule has 0 saturated carbocycles. The number of hydrogen-bond acceptors (Lipinski definition) is 0. The van der Waals surface area contributed by atoms with Crippen molar-refractivity contribution in [3.8, 4) is 0 Å². The normalized spacial score (nSPS) is 0. The van der Waals surface area contributed by atoms with Crippen LogP contribution in [-0.4, -0.2) is 0 Å². The molecule has 0 amide bonds. The Kier molecular flexibility index (Phi) is 159. The Morgan fingerprint density at radius 2 is 0.750 bits per heavy atom. The summed E-state index contributed by atoms with van der Waals surface area (Å²) < 4.78 is 0. The van der Waals surface area contributed by atoms with Crippen LogP contribution in [0.4, 0.5) is 0 Å². The summed E-state index contributed by atoms with van der Waals surface area (Å²) >= 11 is 0. The monoisotopic (exact) mass is 334 g/mol. The first-order valence-corrected chi connectivity index (χ1v) is 0. The summed E-state index contributed by atoms with van der Waals surface area (Å²) in [6.45, 7) is 0. The van der Waals surface area contributed by atoms with Crippen LogP contribution < -0.4 is 0 Å². The van der Waals surface area contributed by atoms with Crippen LogP contribution in [0.1, 0.15) is 0 Å². The first-order chi connectivity index (χ1) is 0. The second-order valence-electron chi connectivity index (χ2n) is 0. The van der Waals surface area contributed by atoms with Crippen LogP contribution in [0.25, 0.3) is 0 Å². The van der Waals surface area contributed by atoms with E-state index in [1.807, 2.05) is 0 Å². The summed E-state index contributed by atoms with van der Waals surface area (Å²) in [6.07, 6.45) is 0. The van der Waals surface area contributed by atoms with E-state index in [1.165, 1.54) is 0 Å². The van der Waals surface area contributed by atoms with Crippen molar-refractivity contribution in [2.75, 3.05) is 0 Å². The van der Waals surface area contributed by atoms with E-state index in [-0.39, 0.29) is 75.1 Å². The van der Waals surface area contributed by atoms with Crippen LogP contribution in [0.5, 0.6) is 0 Å². The van der Waals surface area contributed by atoms with Gasteiger partial charge in [-0.05, 0) is 0 Å². The van der Waals surface area contributed by atoms with Crippen molar-refractivity contribution in [1.29, 1.82) is 0 Å². The molecule has 0 aromatic rings. The molecule has 0 aliphatic carbocycles. The predicted octanol–water partition coefficient (Wildman–Crippen LogP) is 1.19. The minimum atomic E-state index is 0. The van der Waals surface area contributed by atoms with Crippen molar-refractivity contribution in [1.82, 2.24) is 0 Å². The van der Waals surface area contributed by atoms with Crippen LogP contribution in [0.3, 0.4) is 0 Å². The van der Waals surface area contributed by atoms with Crippen molar-refractivity contribution in [3.05, 3.63) is 0 Å². The van der Waals surface area contributed by atoms with E-state index in [2.05, 4.69) is 0 Å². The summed E-state index contributed by atoms with van der Waals surface area (Å²) in [5.41, 5.74) is 0. The molecule has 0 aromatic heterocycles. The van der Waals surface area contributed by atoms with Crippen LogP contribution in [-0.2, 0) is 34.1 Å². The predicted molar refractivity (Wildman–Crippen MR) is 25.7 cm³/mol. The van der Waals surface area contributed by atoms with Crippen LogP contribution >= 0.6 is 41.0 Å². The Balaban J connectivity index is 0. The third-order valence-electron chi connectivity index (χ3n) is 0. The number of hydrogen-bond donors (Lipinski definition) is 0. The van der Waals surface area contributed by atoms with E-state index in [0.29, 0.717) is 0 Å². The molecule has 0 N–H and O–H groups in total. The van der Waals surface area contributed by atoms with E-state index in [0.717, 1.165) is 0 Å². The molecule has 0 aliphatic rings. The van der Waals surface area contributed by atoms with Crippen molar-refractivity contribution in [3.63, 3.8) is 0 Å². The molecule has 2 radical (unpaired) electrons. The Morgan fingerprint density at radius 3 is 0.750 bits per heavy atom. The quantitative estimate of drug-likeness (QED) is 0.461. The topological polar surface area (TPSA) is 0 Å². The summed E-state index contributed by atoms with van der Waals surface area (Å²) in [6, 6.07) is 0. The van der Waals surface area contributed by atoms with Crippen LogP contribution in [0, 0.1) is 0 Å². The molecular weight excluding hydrogens is 334 g/mol. The third-order valence-corrected chi connectivity index (χ3v) is 0. The van der Waals surface area contributed by atoms with E-state index in [1.54, 1.807) is 0 Å². The molecule has 38 valence electrons. The zero-order chi connectivity index (χ0) is 0. The molecule has 0 fully saturated rings. The Labute approximate surface area is 74.2 Å². The van der Waals surface area contributed by atoms with Crippen molar-refractivity contribution >= 4 is 41.0 Å². The van der Waals surface area contributed by atoms with Gasteiger partial charge in [0.05, 0.1) is 0 Å². The SMILES string of the molecule is Br.I.[Cu].[Cu]. The summed E-state index contributed by atoms with van der Waals surface area (Å²) in [7, 11) is 0. The van der Waals surface area contributed by atoms with Gasteiger partial charge < -0.3 is 0 Å². The van der Waals surface area contributed by atoms with Gasteiger partial charge in [-0.25, -0.2) is 0 Å². The molecule has 0 bridgehead atoms. The summed E-state index contributed by atoms with van der Waals surface area (Å²) in [5.74, 6) is 0. The van der Waals surface area contributed by atoms with Gasteiger partial charge in [-0.1, -0.05) is 0 Å². The van der Waals surface area contributed by atoms with Crippen molar-refractivity contribution in [2.45, 2.75) is 0 Å². The maximum absolute atomic E-state index is 0. The average molecular weight is 336 g/mol. The van der Waals surface area contributed by atoms with Crippen LogP contribution in [0.15, 0.2) is 0 Å². The molecule has 4 heavy (non-hydrogen) atoms. The minimum absolute atomic E-state index is 0. The first-order valence-electron chi connectivity index (χ1n) is 0. The van der Waals surface area contributed by atoms with Gasteiger partial charge in [-0.2, -0.15) is 0 Å². The Hall–Kier alpha value is 2.25. The maximum Gasteiger partial charge on any atom is 0 e. The second kappa shape index (κ2) is 18.7. The third kappa shape index (κ3) is 8.87. The standard InChI is InChI=1S/BrH.2Cu.HI/h1H;;;1H. The van der Waals surface area contributed by atoms with E-state index in [4.69, 9.17) is 0 Å². The fraction of sp³-hybridized carbons (Fsp3) is 0. The van der Waals surface area contributed by atoms with Gasteiger partial charge in [0, 0.05) is 34.1 Å². The van der Waals surface area contributed by atoms with Crippen LogP contribution in [0.2, 0.25) is 0 Å². The summed E-state index contributed by atoms with van der Waals surface area (Å²) in [5, 5.41) is 0. The smallest absolute Gasteiger partial charge is 0 e. The van der Waals surface area contributed by atoms with E-state index in [9.17, 15) is 0 Å². The Morgan fingerprint density at radius 1 is 0.750 bits per heavy atom. The van der Waals surface area contributed by atoms with Gasteiger partial charge >= 0.3 is 0 Å². The largest absolute Gasteiger partial charge is 0.114 e. The molecule has 0 nitrogen and oxygen atoms in total. The molecule has 4 heteroatoms. The molecule has 0 atom stereocenters. The van der Waals surface area contributed by atoms with Gasteiger partial charge in [0.2, 0.25) is 0 Å². The van der Waals surface area contributed by atoms with Gasteiger partial charge in [-0.15, -0.1) is 41.0 Å².